The highest BCUT2D eigenvalue weighted by Crippen LogP contribution is 2.25. The highest BCUT2D eigenvalue weighted by atomic mass is 35.5. The van der Waals surface area contributed by atoms with Gasteiger partial charge in [-0.25, -0.2) is 9.79 Å². The molecule has 2 aromatic rings. The van der Waals surface area contributed by atoms with Crippen LogP contribution >= 0.6 is 23.2 Å². The Labute approximate surface area is 143 Å². The molecule has 114 valence electrons. The SMILES string of the molecule is O=C1OC(c2ccc(Cl)c(Cl)c2)=N/C1=C/C=C/c1ccccc1. The molecule has 0 spiro atoms. The van der Waals surface area contributed by atoms with Crippen LogP contribution in [0.2, 0.25) is 10.0 Å². The van der Waals surface area contributed by atoms with Crippen molar-refractivity contribution in [3.05, 3.63) is 87.6 Å². The number of ether oxygens (including phenoxy) is 1. The molecule has 23 heavy (non-hydrogen) atoms. The minimum absolute atomic E-state index is 0.216. The van der Waals surface area contributed by atoms with Crippen LogP contribution in [-0.4, -0.2) is 11.9 Å². The van der Waals surface area contributed by atoms with E-state index < -0.39 is 5.97 Å². The zero-order valence-electron chi connectivity index (χ0n) is 11.9. The standard InChI is InChI=1S/C18H11Cl2NO2/c19-14-10-9-13(11-15(14)20)17-21-16(18(22)23-17)8-4-7-12-5-2-1-3-6-12/h1-11H/b7-4+,16-8+. The fourth-order valence-electron chi connectivity index (χ4n) is 1.99. The van der Waals surface area contributed by atoms with Gasteiger partial charge in [-0.15, -0.1) is 0 Å². The van der Waals surface area contributed by atoms with Gasteiger partial charge in [-0.05, 0) is 29.8 Å². The molecule has 0 atom stereocenters. The van der Waals surface area contributed by atoms with Crippen LogP contribution in [0.15, 0.2) is 71.4 Å². The first-order chi connectivity index (χ1) is 11.1. The monoisotopic (exact) mass is 343 g/mol. The number of esters is 1. The van der Waals surface area contributed by atoms with Crippen molar-refractivity contribution in [2.24, 2.45) is 4.99 Å². The van der Waals surface area contributed by atoms with Crippen LogP contribution in [0.1, 0.15) is 11.1 Å². The predicted octanol–water partition coefficient (Wildman–Crippen LogP) is 4.89. The summed E-state index contributed by atoms with van der Waals surface area (Å²) in [6, 6.07) is 14.7. The summed E-state index contributed by atoms with van der Waals surface area (Å²) in [6.07, 6.45) is 5.25. The summed E-state index contributed by atoms with van der Waals surface area (Å²) in [6.45, 7) is 0. The Bertz CT molecular complexity index is 839. The van der Waals surface area contributed by atoms with Crippen LogP contribution in [-0.2, 0) is 9.53 Å². The average molecular weight is 344 g/mol. The fourth-order valence-corrected chi connectivity index (χ4v) is 2.29. The van der Waals surface area contributed by atoms with Gasteiger partial charge in [0, 0.05) is 5.56 Å². The summed E-state index contributed by atoms with van der Waals surface area (Å²) in [5.74, 6) is -0.281. The lowest BCUT2D eigenvalue weighted by Crippen LogP contribution is -2.05. The lowest BCUT2D eigenvalue weighted by molar-refractivity contribution is -0.130. The Morgan fingerprint density at radius 1 is 1.00 bits per heavy atom. The number of hydrogen-bond donors (Lipinski definition) is 0. The van der Waals surface area contributed by atoms with Crippen LogP contribution in [0, 0.1) is 0 Å². The molecule has 1 aliphatic heterocycles. The number of allylic oxidation sites excluding steroid dienone is 2. The Morgan fingerprint density at radius 3 is 2.52 bits per heavy atom. The molecular formula is C18H11Cl2NO2. The van der Waals surface area contributed by atoms with Crippen LogP contribution < -0.4 is 0 Å². The molecule has 1 heterocycles. The van der Waals surface area contributed by atoms with Crippen molar-refractivity contribution in [2.45, 2.75) is 0 Å². The molecule has 3 nitrogen and oxygen atoms in total. The van der Waals surface area contributed by atoms with Crippen LogP contribution in [0.5, 0.6) is 0 Å². The zero-order valence-corrected chi connectivity index (χ0v) is 13.4. The Balaban J connectivity index is 1.82. The normalized spacial score (nSPS) is 16.0. The lowest BCUT2D eigenvalue weighted by Gasteiger charge is -2.01. The van der Waals surface area contributed by atoms with Gasteiger partial charge in [0.25, 0.3) is 0 Å². The van der Waals surface area contributed by atoms with E-state index in [1.165, 1.54) is 0 Å². The van der Waals surface area contributed by atoms with Crippen LogP contribution in [0.3, 0.4) is 0 Å². The van der Waals surface area contributed by atoms with Gasteiger partial charge in [0.1, 0.15) is 0 Å². The van der Waals surface area contributed by atoms with Crippen molar-refractivity contribution in [1.29, 1.82) is 0 Å². The number of hydrogen-bond acceptors (Lipinski definition) is 3. The predicted molar refractivity (Wildman–Crippen MR) is 92.6 cm³/mol. The molecule has 0 saturated heterocycles. The first kappa shape index (κ1) is 15.5. The van der Waals surface area contributed by atoms with Gasteiger partial charge < -0.3 is 4.74 Å². The van der Waals surface area contributed by atoms with E-state index in [0.717, 1.165) is 5.56 Å². The first-order valence-electron chi connectivity index (χ1n) is 6.83. The molecule has 0 aromatic heterocycles. The molecule has 0 unspecified atom stereocenters. The summed E-state index contributed by atoms with van der Waals surface area (Å²) in [5.41, 5.74) is 1.87. The highest BCUT2D eigenvalue weighted by molar-refractivity contribution is 6.42. The van der Waals surface area contributed by atoms with E-state index >= 15 is 0 Å². The first-order valence-corrected chi connectivity index (χ1v) is 7.59. The minimum Gasteiger partial charge on any atom is -0.402 e. The third-order valence-corrected chi connectivity index (χ3v) is 3.87. The summed E-state index contributed by atoms with van der Waals surface area (Å²) in [5, 5.41) is 0.811. The van der Waals surface area contributed by atoms with Gasteiger partial charge in [0.2, 0.25) is 5.90 Å². The molecule has 3 rings (SSSR count). The number of nitrogens with zero attached hydrogens (tertiary/aromatic N) is 1. The van der Waals surface area contributed by atoms with E-state index in [9.17, 15) is 4.79 Å². The second-order valence-electron chi connectivity index (χ2n) is 4.76. The van der Waals surface area contributed by atoms with Gasteiger partial charge in [-0.1, -0.05) is 65.7 Å². The molecule has 0 saturated carbocycles. The fraction of sp³-hybridized carbons (Fsp3) is 0. The van der Waals surface area contributed by atoms with Crippen molar-refractivity contribution >= 4 is 41.1 Å². The molecule has 0 N–H and O–H groups in total. The van der Waals surface area contributed by atoms with E-state index in [1.807, 2.05) is 36.4 Å². The molecule has 0 bridgehead atoms. The lowest BCUT2D eigenvalue weighted by atomic mass is 10.2. The second kappa shape index (κ2) is 6.82. The van der Waals surface area contributed by atoms with Crippen LogP contribution in [0.4, 0.5) is 0 Å². The van der Waals surface area contributed by atoms with E-state index in [0.29, 0.717) is 15.6 Å². The second-order valence-corrected chi connectivity index (χ2v) is 5.57. The maximum Gasteiger partial charge on any atom is 0.363 e. The maximum absolute atomic E-state index is 11.9. The number of halogens is 2. The smallest absolute Gasteiger partial charge is 0.363 e. The molecule has 5 heteroatoms. The number of carbonyl (C=O) groups excluding carboxylic acids is 1. The Kier molecular flexibility index (Phi) is 4.60. The van der Waals surface area contributed by atoms with E-state index in [-0.39, 0.29) is 11.6 Å². The average Bonchev–Trinajstić information content (AvgIpc) is 2.92. The van der Waals surface area contributed by atoms with Gasteiger partial charge in [-0.3, -0.25) is 0 Å². The van der Waals surface area contributed by atoms with Crippen molar-refractivity contribution in [1.82, 2.24) is 0 Å². The summed E-state index contributed by atoms with van der Waals surface area (Å²) in [7, 11) is 0. The Morgan fingerprint density at radius 2 is 1.78 bits per heavy atom. The van der Waals surface area contributed by atoms with Gasteiger partial charge in [0.05, 0.1) is 10.0 Å². The van der Waals surface area contributed by atoms with Gasteiger partial charge >= 0.3 is 5.97 Å². The highest BCUT2D eigenvalue weighted by Gasteiger charge is 2.23. The molecule has 0 amide bonds. The molecule has 0 aliphatic carbocycles. The largest absolute Gasteiger partial charge is 0.402 e. The third kappa shape index (κ3) is 3.70. The molecule has 0 fully saturated rings. The number of aliphatic imine (C=N–C) groups is 1. The zero-order chi connectivity index (χ0) is 16.2. The molecule has 2 aromatic carbocycles. The van der Waals surface area contributed by atoms with Crippen molar-refractivity contribution in [3.8, 4) is 0 Å². The van der Waals surface area contributed by atoms with Crippen molar-refractivity contribution < 1.29 is 9.53 Å². The Hall–Kier alpha value is -2.36. The molecule has 0 radical (unpaired) electrons. The van der Waals surface area contributed by atoms with Crippen molar-refractivity contribution in [3.63, 3.8) is 0 Å². The number of benzene rings is 2. The summed E-state index contributed by atoms with van der Waals surface area (Å²) >= 11 is 11.8. The van der Waals surface area contributed by atoms with E-state index in [4.69, 9.17) is 27.9 Å². The quantitative estimate of drug-likeness (QED) is 0.587. The van der Waals surface area contributed by atoms with E-state index in [2.05, 4.69) is 4.99 Å². The van der Waals surface area contributed by atoms with Gasteiger partial charge in [0.15, 0.2) is 5.70 Å². The summed E-state index contributed by atoms with van der Waals surface area (Å²) in [4.78, 5) is 16.0. The minimum atomic E-state index is -0.496. The number of carbonyl (C=O) groups is 1. The van der Waals surface area contributed by atoms with Crippen LogP contribution in [0.25, 0.3) is 6.08 Å². The molecular weight excluding hydrogens is 333 g/mol. The topological polar surface area (TPSA) is 38.7 Å². The maximum atomic E-state index is 11.9. The van der Waals surface area contributed by atoms with Crippen molar-refractivity contribution in [2.75, 3.05) is 0 Å². The number of rotatable bonds is 3. The molecule has 1 aliphatic rings. The third-order valence-electron chi connectivity index (χ3n) is 3.13. The summed E-state index contributed by atoms with van der Waals surface area (Å²) < 4.78 is 5.16. The van der Waals surface area contributed by atoms with E-state index in [1.54, 1.807) is 30.4 Å². The number of cyclic esters (lactones) is 1. The van der Waals surface area contributed by atoms with Gasteiger partial charge in [-0.2, -0.15) is 0 Å².